The number of hydrogen-bond donors (Lipinski definition) is 2. The van der Waals surface area contributed by atoms with Crippen LogP contribution in [-0.4, -0.2) is 9.97 Å². The van der Waals surface area contributed by atoms with Gasteiger partial charge in [-0.2, -0.15) is 0 Å². The molecule has 82 valence electrons. The molecule has 0 aliphatic rings. The van der Waals surface area contributed by atoms with Gasteiger partial charge in [-0.1, -0.05) is 0 Å². The van der Waals surface area contributed by atoms with Crippen molar-refractivity contribution in [1.29, 1.82) is 0 Å². The number of rotatable bonds is 3. The minimum absolute atomic E-state index is 0.0745. The predicted molar refractivity (Wildman–Crippen MR) is 63.5 cm³/mol. The second-order valence-electron chi connectivity index (χ2n) is 3.67. The zero-order valence-corrected chi connectivity index (χ0v) is 8.88. The maximum absolute atomic E-state index is 6.08. The van der Waals surface area contributed by atoms with E-state index in [0.29, 0.717) is 6.42 Å². The molecule has 0 aliphatic heterocycles. The Labute approximate surface area is 94.3 Å². The third-order valence-corrected chi connectivity index (χ3v) is 2.52. The quantitative estimate of drug-likeness (QED) is 0.807. The lowest BCUT2D eigenvalue weighted by Gasteiger charge is -2.12. The fraction of sp³-hybridized carbons (Fsp3) is 0.167. The maximum Gasteiger partial charge on any atom is 0.0378 e. The summed E-state index contributed by atoms with van der Waals surface area (Å²) in [6.07, 6.45) is 7.60. The first kappa shape index (κ1) is 10.6. The normalized spacial score (nSPS) is 12.3. The fourth-order valence-electron chi connectivity index (χ4n) is 1.57. The van der Waals surface area contributed by atoms with Crippen LogP contribution in [0.25, 0.3) is 0 Å². The molecule has 4 N–H and O–H groups in total. The molecular formula is C12H14N4. The summed E-state index contributed by atoms with van der Waals surface area (Å²) < 4.78 is 0. The standard InChI is InChI=1S/C12H14N4/c13-11-3-6-16-8-10(11)7-12(14)9-1-4-15-5-2-9/h1-6,8,12H,7,14H2,(H2,13,16). The van der Waals surface area contributed by atoms with Gasteiger partial charge in [-0.05, 0) is 35.7 Å². The molecule has 0 aliphatic carbocycles. The van der Waals surface area contributed by atoms with Crippen LogP contribution in [0.3, 0.4) is 0 Å². The molecule has 1 atom stereocenters. The molecule has 0 spiro atoms. The molecule has 2 aromatic heterocycles. The number of hydrogen-bond acceptors (Lipinski definition) is 4. The first-order valence-corrected chi connectivity index (χ1v) is 5.11. The van der Waals surface area contributed by atoms with Crippen molar-refractivity contribution in [2.24, 2.45) is 5.73 Å². The van der Waals surface area contributed by atoms with Gasteiger partial charge in [-0.15, -0.1) is 0 Å². The summed E-state index contributed by atoms with van der Waals surface area (Å²) in [4.78, 5) is 8.00. The van der Waals surface area contributed by atoms with Crippen molar-refractivity contribution in [3.05, 3.63) is 54.1 Å². The van der Waals surface area contributed by atoms with Crippen LogP contribution in [0.5, 0.6) is 0 Å². The fourth-order valence-corrected chi connectivity index (χ4v) is 1.57. The van der Waals surface area contributed by atoms with Gasteiger partial charge in [0, 0.05) is 36.5 Å². The zero-order valence-electron chi connectivity index (χ0n) is 8.88. The molecule has 16 heavy (non-hydrogen) atoms. The van der Waals surface area contributed by atoms with Gasteiger partial charge in [-0.3, -0.25) is 9.97 Å². The lowest BCUT2D eigenvalue weighted by atomic mass is 10.0. The molecule has 4 heteroatoms. The summed E-state index contributed by atoms with van der Waals surface area (Å²) in [5, 5.41) is 0. The van der Waals surface area contributed by atoms with Gasteiger partial charge < -0.3 is 11.5 Å². The lowest BCUT2D eigenvalue weighted by Crippen LogP contribution is -2.14. The third-order valence-electron chi connectivity index (χ3n) is 2.52. The second kappa shape index (κ2) is 4.72. The van der Waals surface area contributed by atoms with Crippen LogP contribution in [0.2, 0.25) is 0 Å². The van der Waals surface area contributed by atoms with Crippen molar-refractivity contribution in [3.63, 3.8) is 0 Å². The number of nitrogen functional groups attached to an aromatic ring is 1. The summed E-state index contributed by atoms with van der Waals surface area (Å²) in [5.41, 5.74) is 14.7. The average Bonchev–Trinajstić information content (AvgIpc) is 2.33. The molecule has 0 aromatic carbocycles. The van der Waals surface area contributed by atoms with Crippen LogP contribution in [0.15, 0.2) is 43.0 Å². The van der Waals surface area contributed by atoms with E-state index < -0.39 is 0 Å². The number of pyridine rings is 2. The highest BCUT2D eigenvalue weighted by Crippen LogP contribution is 2.18. The minimum atomic E-state index is -0.0745. The topological polar surface area (TPSA) is 77.8 Å². The first-order valence-electron chi connectivity index (χ1n) is 5.11. The van der Waals surface area contributed by atoms with Gasteiger partial charge in [0.05, 0.1) is 0 Å². The Bertz CT molecular complexity index is 456. The first-order chi connectivity index (χ1) is 7.77. The predicted octanol–water partition coefficient (Wildman–Crippen LogP) is 1.30. The van der Waals surface area contributed by atoms with Crippen LogP contribution in [0.4, 0.5) is 5.69 Å². The van der Waals surface area contributed by atoms with E-state index in [1.165, 1.54) is 0 Å². The monoisotopic (exact) mass is 214 g/mol. The van der Waals surface area contributed by atoms with Crippen LogP contribution >= 0.6 is 0 Å². The summed E-state index contributed by atoms with van der Waals surface area (Å²) in [6, 6.07) is 5.54. The van der Waals surface area contributed by atoms with Crippen molar-refractivity contribution in [1.82, 2.24) is 9.97 Å². The minimum Gasteiger partial charge on any atom is -0.398 e. The molecular weight excluding hydrogens is 200 g/mol. The second-order valence-corrected chi connectivity index (χ2v) is 3.67. The van der Waals surface area contributed by atoms with E-state index in [1.54, 1.807) is 30.9 Å². The molecule has 0 fully saturated rings. The van der Waals surface area contributed by atoms with E-state index in [1.807, 2.05) is 12.1 Å². The highest BCUT2D eigenvalue weighted by atomic mass is 14.7. The average molecular weight is 214 g/mol. The molecule has 4 nitrogen and oxygen atoms in total. The molecule has 1 unspecified atom stereocenters. The van der Waals surface area contributed by atoms with Crippen molar-refractivity contribution < 1.29 is 0 Å². The molecule has 0 bridgehead atoms. The number of nitrogens with zero attached hydrogens (tertiary/aromatic N) is 2. The van der Waals surface area contributed by atoms with E-state index in [-0.39, 0.29) is 6.04 Å². The summed E-state index contributed by atoms with van der Waals surface area (Å²) in [6.45, 7) is 0. The Balaban J connectivity index is 2.14. The molecule has 2 rings (SSSR count). The summed E-state index contributed by atoms with van der Waals surface area (Å²) in [7, 11) is 0. The van der Waals surface area contributed by atoms with Gasteiger partial charge in [-0.25, -0.2) is 0 Å². The molecule has 0 radical (unpaired) electrons. The zero-order chi connectivity index (χ0) is 11.4. The highest BCUT2D eigenvalue weighted by molar-refractivity contribution is 5.45. The number of nitrogens with two attached hydrogens (primary N) is 2. The Morgan fingerprint density at radius 1 is 1.06 bits per heavy atom. The van der Waals surface area contributed by atoms with E-state index in [2.05, 4.69) is 9.97 Å². The third kappa shape index (κ3) is 2.35. The van der Waals surface area contributed by atoms with Crippen LogP contribution in [0, 0.1) is 0 Å². The van der Waals surface area contributed by atoms with E-state index in [0.717, 1.165) is 16.8 Å². The Kier molecular flexibility index (Phi) is 3.12. The molecule has 0 amide bonds. The summed E-state index contributed by atoms with van der Waals surface area (Å²) in [5.74, 6) is 0. The van der Waals surface area contributed by atoms with Crippen molar-refractivity contribution in [3.8, 4) is 0 Å². The molecule has 2 aromatic rings. The Hall–Kier alpha value is -1.94. The summed E-state index contributed by atoms with van der Waals surface area (Å²) >= 11 is 0. The number of anilines is 1. The molecule has 0 saturated carbocycles. The smallest absolute Gasteiger partial charge is 0.0378 e. The van der Waals surface area contributed by atoms with Gasteiger partial charge in [0.1, 0.15) is 0 Å². The molecule has 0 saturated heterocycles. The van der Waals surface area contributed by atoms with Gasteiger partial charge in [0.2, 0.25) is 0 Å². The van der Waals surface area contributed by atoms with Gasteiger partial charge in [0.15, 0.2) is 0 Å². The van der Waals surface area contributed by atoms with E-state index in [9.17, 15) is 0 Å². The Morgan fingerprint density at radius 3 is 2.44 bits per heavy atom. The van der Waals surface area contributed by atoms with Gasteiger partial charge in [0.25, 0.3) is 0 Å². The van der Waals surface area contributed by atoms with Crippen molar-refractivity contribution >= 4 is 5.69 Å². The van der Waals surface area contributed by atoms with Crippen molar-refractivity contribution in [2.45, 2.75) is 12.5 Å². The lowest BCUT2D eigenvalue weighted by molar-refractivity contribution is 0.719. The van der Waals surface area contributed by atoms with E-state index >= 15 is 0 Å². The Morgan fingerprint density at radius 2 is 1.75 bits per heavy atom. The number of aromatic nitrogens is 2. The largest absolute Gasteiger partial charge is 0.398 e. The van der Waals surface area contributed by atoms with Crippen molar-refractivity contribution in [2.75, 3.05) is 5.73 Å². The van der Waals surface area contributed by atoms with Crippen LogP contribution in [0.1, 0.15) is 17.2 Å². The van der Waals surface area contributed by atoms with Crippen LogP contribution < -0.4 is 11.5 Å². The maximum atomic E-state index is 6.08. The highest BCUT2D eigenvalue weighted by Gasteiger charge is 2.08. The molecule has 2 heterocycles. The van der Waals surface area contributed by atoms with Crippen LogP contribution in [-0.2, 0) is 6.42 Å². The van der Waals surface area contributed by atoms with Gasteiger partial charge >= 0.3 is 0 Å². The SMILES string of the molecule is Nc1ccncc1CC(N)c1ccncc1. The van der Waals surface area contributed by atoms with E-state index in [4.69, 9.17) is 11.5 Å².